The first kappa shape index (κ1) is 108. The molecule has 5 rings (SSSR count). The van der Waals surface area contributed by atoms with E-state index >= 15 is 24.0 Å². The molecule has 47 nitrogen and oxygen atoms in total. The third-order valence-corrected chi connectivity index (χ3v) is 23.5. The number of nitrogens with zero attached hydrogens (tertiary/aromatic N) is 2. The number of guanidine groups is 3. The molecule has 131 heavy (non-hydrogen) atoms. The summed E-state index contributed by atoms with van der Waals surface area (Å²) in [7, 11) is 1.64. The van der Waals surface area contributed by atoms with Crippen LogP contribution in [0.2, 0.25) is 0 Å². The largest absolute Gasteiger partial charge is 0.508 e. The molecular weight excluding hydrogens is 1750 g/mol. The lowest BCUT2D eigenvalue weighted by Crippen LogP contribution is -2.67. The number of carboxylic acid groups (broad SMARTS) is 1. The molecule has 16 amide bonds. The first-order chi connectivity index (χ1) is 62.3. The first-order valence-corrected chi connectivity index (χ1v) is 45.7. The summed E-state index contributed by atoms with van der Waals surface area (Å²) in [4.78, 5) is 253. The molecule has 2 fully saturated rings. The summed E-state index contributed by atoms with van der Waals surface area (Å²) in [6, 6.07) is -9.45. The van der Waals surface area contributed by atoms with Crippen LogP contribution in [0.1, 0.15) is 154 Å². The number of amides is 16. The fourth-order valence-corrected chi connectivity index (χ4v) is 16.0. The van der Waals surface area contributed by atoms with Gasteiger partial charge in [0.2, 0.25) is 94.5 Å². The number of hydrogen-bond acceptors (Lipinski definition) is 25. The highest BCUT2D eigenvalue weighted by Gasteiger charge is 2.44. The van der Waals surface area contributed by atoms with Crippen LogP contribution >= 0.6 is 21.6 Å². The molecular formula is C82H127N27O20S2. The number of unbranched alkanes of at least 4 members (excludes halogenated alkanes) is 4. The van der Waals surface area contributed by atoms with E-state index < -0.39 is 253 Å². The van der Waals surface area contributed by atoms with Crippen molar-refractivity contribution in [3.8, 4) is 5.75 Å². The van der Waals surface area contributed by atoms with Crippen LogP contribution in [-0.4, -0.2) is 284 Å². The number of aliphatic hydroxyl groups excluding tert-OH is 1. The van der Waals surface area contributed by atoms with E-state index in [0.717, 1.165) is 39.3 Å². The lowest BCUT2D eigenvalue weighted by atomic mass is 9.97. The van der Waals surface area contributed by atoms with E-state index in [1.807, 2.05) is 6.92 Å². The lowest BCUT2D eigenvalue weighted by molar-refractivity contribution is -0.149. The average Bonchev–Trinajstić information content (AvgIpc) is 0.979. The SMILES string of the molecule is CCCCCCC(=O)NC1CSSC[C@@H](C(=O)N[C@@H](Cc2ccc(O)cc2)C(=O)N2C[C@H](C(N)=O)NC(=O)[C@@H]2CCCNC(=N)N)NC(=O)C(CO)NC(=O)[C@H]([C@@H](C)CC)NC(=O)C(CCCNC(=N)N)NC(=O)[C@H](CC(=O)O)NC(=O)[C@@H](CCCC)NC(=O)C(CCCNC(=N)N)NC(=O)CNC(=O)[C@@H](C)NC(=O)[C@H](Cc2ccccc2)NC(=O)C(Cc2c[nH]cn2)NC1=O. The highest BCUT2D eigenvalue weighted by Crippen LogP contribution is 2.26. The number of aromatic nitrogens is 2. The Morgan fingerprint density at radius 3 is 1.64 bits per heavy atom. The number of aromatic amines is 1. The predicted molar refractivity (Wildman–Crippen MR) is 482 cm³/mol. The Bertz CT molecular complexity index is 4390. The van der Waals surface area contributed by atoms with Crippen molar-refractivity contribution < 1.29 is 96.8 Å². The number of phenolic OH excluding ortho intramolecular Hbond substituents is 1. The van der Waals surface area contributed by atoms with Crippen LogP contribution in [-0.2, 0) is 101 Å². The van der Waals surface area contributed by atoms with Crippen LogP contribution in [0.3, 0.4) is 0 Å². The van der Waals surface area contributed by atoms with Gasteiger partial charge in [0.1, 0.15) is 90.3 Å². The number of imidazole rings is 1. The zero-order chi connectivity index (χ0) is 96.8. The molecule has 0 aliphatic carbocycles. The minimum Gasteiger partial charge on any atom is -0.508 e. The number of nitrogens with two attached hydrogens (primary N) is 4. The van der Waals surface area contributed by atoms with Crippen molar-refractivity contribution in [1.82, 2.24) is 105 Å². The molecule has 0 spiro atoms. The highest BCUT2D eigenvalue weighted by molar-refractivity contribution is 8.76. The number of hydrogen-bond donors (Lipinski definition) is 28. The summed E-state index contributed by atoms with van der Waals surface area (Å²) in [5.74, 6) is -21.4. The van der Waals surface area contributed by atoms with Gasteiger partial charge in [-0.2, -0.15) is 0 Å². The Labute approximate surface area is 765 Å². The van der Waals surface area contributed by atoms with Gasteiger partial charge in [-0.15, -0.1) is 0 Å². The monoisotopic (exact) mass is 1870 g/mol. The van der Waals surface area contributed by atoms with E-state index in [-0.39, 0.29) is 108 Å². The fourth-order valence-electron chi connectivity index (χ4n) is 13.6. The van der Waals surface area contributed by atoms with Gasteiger partial charge in [-0.1, -0.05) is 130 Å². The normalized spacial score (nSPS) is 23.1. The molecule has 2 aromatic carbocycles. The van der Waals surface area contributed by atoms with Crippen molar-refractivity contribution in [2.75, 3.05) is 50.8 Å². The maximum Gasteiger partial charge on any atom is 0.305 e. The number of primary amides is 1. The third-order valence-electron chi connectivity index (χ3n) is 21.1. The van der Waals surface area contributed by atoms with Gasteiger partial charge < -0.3 is 139 Å². The van der Waals surface area contributed by atoms with Gasteiger partial charge in [-0.25, -0.2) is 4.98 Å². The number of nitrogens with one attached hydrogen (secondary N) is 21. The highest BCUT2D eigenvalue weighted by atomic mass is 33.1. The summed E-state index contributed by atoms with van der Waals surface area (Å²) in [6.07, 6.45) is 3.11. The summed E-state index contributed by atoms with van der Waals surface area (Å²) in [5.41, 5.74) is 23.3. The van der Waals surface area contributed by atoms with Crippen LogP contribution in [0.15, 0.2) is 67.1 Å². The smallest absolute Gasteiger partial charge is 0.305 e. The van der Waals surface area contributed by atoms with Crippen molar-refractivity contribution in [3.63, 3.8) is 0 Å². The second kappa shape index (κ2) is 57.1. The summed E-state index contributed by atoms with van der Waals surface area (Å²) >= 11 is 0. The van der Waals surface area contributed by atoms with Crippen LogP contribution in [0, 0.1) is 22.1 Å². The van der Waals surface area contributed by atoms with Crippen LogP contribution < -0.4 is 113 Å². The van der Waals surface area contributed by atoms with E-state index in [1.165, 1.54) is 50.6 Å². The molecule has 3 aromatic rings. The first-order valence-electron chi connectivity index (χ1n) is 43.3. The van der Waals surface area contributed by atoms with Crippen LogP contribution in [0.4, 0.5) is 0 Å². The molecule has 3 heterocycles. The molecule has 1 aromatic heterocycles. The number of H-pyrrole nitrogens is 1. The van der Waals surface area contributed by atoms with E-state index in [2.05, 4.69) is 100 Å². The van der Waals surface area contributed by atoms with E-state index in [0.29, 0.717) is 30.4 Å². The molecule has 0 radical (unpaired) electrons. The molecule has 5 unspecified atom stereocenters. The molecule has 722 valence electrons. The van der Waals surface area contributed by atoms with Gasteiger partial charge in [-0.05, 0) is 87.5 Å². The van der Waals surface area contributed by atoms with Gasteiger partial charge in [0.15, 0.2) is 17.9 Å². The zero-order valence-electron chi connectivity index (χ0n) is 73.9. The average molecular weight is 1880 g/mol. The topological polar surface area (TPSA) is 763 Å². The van der Waals surface area contributed by atoms with Gasteiger partial charge in [0, 0.05) is 63.0 Å². The number of carboxylic acids is 1. The molecule has 2 aliphatic heterocycles. The number of aliphatic hydroxyl groups is 1. The number of aromatic hydroxyl groups is 1. The van der Waals surface area contributed by atoms with Crippen LogP contribution in [0.25, 0.3) is 0 Å². The van der Waals surface area contributed by atoms with Crippen molar-refractivity contribution in [3.05, 3.63) is 83.9 Å². The number of carbonyl (C=O) groups excluding carboxylic acids is 16. The van der Waals surface area contributed by atoms with Gasteiger partial charge in [-0.3, -0.25) is 97.7 Å². The second-order valence-corrected chi connectivity index (χ2v) is 34.1. The van der Waals surface area contributed by atoms with Gasteiger partial charge in [0.25, 0.3) is 0 Å². The summed E-state index contributed by atoms with van der Waals surface area (Å²) in [6.45, 7) is 5.43. The van der Waals surface area contributed by atoms with E-state index in [9.17, 15) is 72.9 Å². The van der Waals surface area contributed by atoms with Gasteiger partial charge in [0.05, 0.1) is 38.1 Å². The molecule has 49 heteroatoms. The van der Waals surface area contributed by atoms with Crippen LogP contribution in [0.5, 0.6) is 5.75 Å². The Hall–Kier alpha value is -13.1. The number of piperazine rings is 1. The Balaban J connectivity index is 1.70. The van der Waals surface area contributed by atoms with E-state index in [1.54, 1.807) is 44.2 Å². The summed E-state index contributed by atoms with van der Waals surface area (Å²) in [5, 5.41) is 98.1. The van der Waals surface area contributed by atoms with Crippen molar-refractivity contribution in [1.29, 1.82) is 16.2 Å². The Morgan fingerprint density at radius 2 is 1.07 bits per heavy atom. The minimum absolute atomic E-state index is 0.00879. The minimum atomic E-state index is -2.03. The molecule has 0 bridgehead atoms. The zero-order valence-corrected chi connectivity index (χ0v) is 75.5. The number of rotatable bonds is 36. The quantitative estimate of drug-likeness (QED) is 0.0112. The standard InChI is InChI=1S/C82H127N27O20S2/c1-6-9-11-15-25-62(112)98-59-41-130-131-42-60(76(126)104-56(34-47-26-28-49(111)29-27-47)79(129)109-39-57(66(83)116)105-77(127)61(109)24-18-32-93-82(88)89)107-74(124)58(40-110)106-78(128)65(44(4)8-3)108-70(120)52(23-17-31-92-81(86)87)100-73(123)55(36-64(114)115)103-69(119)51(21-10-7-2)99-68(118)50(22-16-30-91-80(84)85)97-63(113)38-94-67(117)45(5)96-71(121)53(33-46-19-13-12-14-20-46)101-72(122)54(102-75(59)125)35-48-37-90-43-95-48/h12-14,19-20,26-29,37,43-45,50-61,65,110-111H,6-11,15-18,21-25,30-36,38-42H2,1-5H3,(H2,83,116)(H,90,95)(H,94,117)(H,96,121)(H,97,113)(H,98,112)(H,99,118)(H,100,123)(H,101,122)(H,102,125)(H,103,119)(H,104,126)(H,105,127)(H,106,128)(H,107,124)(H,108,120)(H,114,115)(H4,84,85,91)(H4,86,87,92)(H4,88,89,93)/t44-,45+,50?,51+,52?,53-,54?,55-,56-,57+,58?,59?,60-,61-,65-/m0/s1. The number of benzene rings is 2. The van der Waals surface area contributed by atoms with Crippen molar-refractivity contribution >= 4 is 140 Å². The maximum atomic E-state index is 15.5. The lowest BCUT2D eigenvalue weighted by Gasteiger charge is -2.40. The molecule has 15 atom stereocenters. The van der Waals surface area contributed by atoms with E-state index in [4.69, 9.17) is 39.2 Å². The predicted octanol–water partition coefficient (Wildman–Crippen LogP) is -5.86. The molecule has 0 saturated carbocycles. The Morgan fingerprint density at radius 1 is 0.550 bits per heavy atom. The molecule has 32 N–H and O–H groups in total. The Kier molecular flexibility index (Phi) is 47.2. The second-order valence-electron chi connectivity index (χ2n) is 31.6. The molecule has 2 saturated heterocycles. The van der Waals surface area contributed by atoms with Crippen molar-refractivity contribution in [2.45, 2.75) is 241 Å². The molecule has 2 aliphatic rings. The maximum absolute atomic E-state index is 15.5. The third kappa shape index (κ3) is 39.0. The van der Waals surface area contributed by atoms with Gasteiger partial charge >= 0.3 is 5.97 Å². The summed E-state index contributed by atoms with van der Waals surface area (Å²) < 4.78 is 0. The number of aliphatic carboxylic acids is 1. The number of phenols is 1. The number of carbonyl (C=O) groups is 17. The fraction of sp³-hybridized carbons (Fsp3) is 0.573. The van der Waals surface area contributed by atoms with Crippen molar-refractivity contribution in [2.24, 2.45) is 28.9 Å².